The molecule has 2 aromatic carbocycles. The van der Waals surface area contributed by atoms with Crippen LogP contribution < -0.4 is 14.8 Å². The zero-order chi connectivity index (χ0) is 19.9. The van der Waals surface area contributed by atoms with Gasteiger partial charge in [0.15, 0.2) is 0 Å². The number of rotatable bonds is 6. The summed E-state index contributed by atoms with van der Waals surface area (Å²) < 4.78 is 10.5. The van der Waals surface area contributed by atoms with E-state index in [2.05, 4.69) is 5.32 Å². The van der Waals surface area contributed by atoms with Crippen LogP contribution in [0.5, 0.6) is 11.5 Å². The van der Waals surface area contributed by atoms with Crippen molar-refractivity contribution in [1.29, 1.82) is 0 Å². The van der Waals surface area contributed by atoms with Gasteiger partial charge in [0.1, 0.15) is 11.5 Å². The molecule has 1 saturated heterocycles. The van der Waals surface area contributed by atoms with Gasteiger partial charge in [-0.2, -0.15) is 0 Å². The van der Waals surface area contributed by atoms with Crippen LogP contribution in [0.15, 0.2) is 48.5 Å². The molecule has 1 heterocycles. The van der Waals surface area contributed by atoms with Gasteiger partial charge in [-0.3, -0.25) is 9.59 Å². The summed E-state index contributed by atoms with van der Waals surface area (Å²) in [5.41, 5.74) is 1.79. The van der Waals surface area contributed by atoms with E-state index in [1.807, 2.05) is 4.90 Å². The Morgan fingerprint density at radius 1 is 1.00 bits per heavy atom. The maximum atomic E-state index is 12.7. The predicted octanol–water partition coefficient (Wildman–Crippen LogP) is 3.59. The number of methoxy groups -OCH3 is 2. The summed E-state index contributed by atoms with van der Waals surface area (Å²) in [6.07, 6.45) is 5.14. The third-order valence-electron chi connectivity index (χ3n) is 4.61. The minimum absolute atomic E-state index is 0.0464. The number of likely N-dealkylation sites (tertiary alicyclic amines) is 1. The zero-order valence-corrected chi connectivity index (χ0v) is 16.1. The van der Waals surface area contributed by atoms with Crippen LogP contribution in [0.3, 0.4) is 0 Å². The van der Waals surface area contributed by atoms with Crippen molar-refractivity contribution in [2.24, 2.45) is 0 Å². The van der Waals surface area contributed by atoms with Gasteiger partial charge in [-0.1, -0.05) is 12.1 Å². The molecule has 2 aromatic rings. The third-order valence-corrected chi connectivity index (χ3v) is 4.61. The van der Waals surface area contributed by atoms with Crippen molar-refractivity contribution < 1.29 is 19.1 Å². The first-order chi connectivity index (χ1) is 13.6. The fraction of sp³-hybridized carbons (Fsp3) is 0.273. The number of carbonyl (C=O) groups excluding carboxylic acids is 2. The van der Waals surface area contributed by atoms with Crippen LogP contribution in [0.2, 0.25) is 0 Å². The molecule has 0 atom stereocenters. The quantitative estimate of drug-likeness (QED) is 0.778. The Morgan fingerprint density at radius 2 is 1.64 bits per heavy atom. The summed E-state index contributed by atoms with van der Waals surface area (Å²) in [6, 6.07) is 12.5. The fourth-order valence-electron chi connectivity index (χ4n) is 3.14. The minimum Gasteiger partial charge on any atom is -0.497 e. The van der Waals surface area contributed by atoms with Crippen LogP contribution in [0.1, 0.15) is 28.8 Å². The molecular formula is C22H24N2O4. The van der Waals surface area contributed by atoms with Crippen molar-refractivity contribution in [3.63, 3.8) is 0 Å². The van der Waals surface area contributed by atoms with Crippen molar-refractivity contribution in [2.45, 2.75) is 12.8 Å². The van der Waals surface area contributed by atoms with E-state index >= 15 is 0 Å². The average Bonchev–Trinajstić information content (AvgIpc) is 3.26. The summed E-state index contributed by atoms with van der Waals surface area (Å²) in [5.74, 6) is 0.917. The number of anilines is 1. The van der Waals surface area contributed by atoms with Gasteiger partial charge in [0.05, 0.1) is 25.5 Å². The van der Waals surface area contributed by atoms with E-state index in [0.717, 1.165) is 31.5 Å². The molecule has 0 spiro atoms. The standard InChI is InChI=1S/C22H24N2O4/c1-27-17-13-16(14-18(15-17)28-2)9-10-21(25)23-20-8-4-3-7-19(20)22(26)24-11-5-6-12-24/h3-4,7-10,13-15H,5-6,11-12H2,1-2H3,(H,23,25)/b10-9+. The van der Waals surface area contributed by atoms with E-state index in [4.69, 9.17) is 9.47 Å². The molecule has 146 valence electrons. The second-order valence-electron chi connectivity index (χ2n) is 6.51. The average molecular weight is 380 g/mol. The molecule has 2 amide bonds. The lowest BCUT2D eigenvalue weighted by molar-refractivity contribution is -0.111. The smallest absolute Gasteiger partial charge is 0.255 e. The second-order valence-corrected chi connectivity index (χ2v) is 6.51. The molecule has 0 aliphatic carbocycles. The normalized spacial score (nSPS) is 13.6. The van der Waals surface area contributed by atoms with Crippen LogP contribution in [0.25, 0.3) is 6.08 Å². The number of amides is 2. The monoisotopic (exact) mass is 380 g/mol. The Kier molecular flexibility index (Phi) is 6.32. The van der Waals surface area contributed by atoms with E-state index in [-0.39, 0.29) is 11.8 Å². The van der Waals surface area contributed by atoms with Gasteiger partial charge >= 0.3 is 0 Å². The van der Waals surface area contributed by atoms with E-state index in [1.165, 1.54) is 6.08 Å². The van der Waals surface area contributed by atoms with Gasteiger partial charge in [-0.25, -0.2) is 0 Å². The second kappa shape index (κ2) is 9.08. The fourth-order valence-corrected chi connectivity index (χ4v) is 3.14. The number of ether oxygens (including phenoxy) is 2. The van der Waals surface area contributed by atoms with Gasteiger partial charge in [-0.05, 0) is 48.7 Å². The number of nitrogens with zero attached hydrogens (tertiary/aromatic N) is 1. The lowest BCUT2D eigenvalue weighted by atomic mass is 10.1. The number of hydrogen-bond acceptors (Lipinski definition) is 4. The van der Waals surface area contributed by atoms with Crippen LogP contribution >= 0.6 is 0 Å². The molecule has 28 heavy (non-hydrogen) atoms. The molecule has 0 saturated carbocycles. The largest absolute Gasteiger partial charge is 0.497 e. The molecule has 6 nitrogen and oxygen atoms in total. The highest BCUT2D eigenvalue weighted by Crippen LogP contribution is 2.24. The highest BCUT2D eigenvalue weighted by atomic mass is 16.5. The number of carbonyl (C=O) groups is 2. The molecule has 1 N–H and O–H groups in total. The Hall–Kier alpha value is -3.28. The van der Waals surface area contributed by atoms with E-state index in [0.29, 0.717) is 22.7 Å². The number of hydrogen-bond donors (Lipinski definition) is 1. The Balaban J connectivity index is 1.73. The first kappa shape index (κ1) is 19.5. The predicted molar refractivity (Wildman–Crippen MR) is 109 cm³/mol. The maximum absolute atomic E-state index is 12.7. The van der Waals surface area contributed by atoms with Crippen molar-refractivity contribution in [2.75, 3.05) is 32.6 Å². The lowest BCUT2D eigenvalue weighted by Gasteiger charge is -2.17. The van der Waals surface area contributed by atoms with Gasteiger partial charge in [0.2, 0.25) is 5.91 Å². The number of nitrogens with one attached hydrogen (secondary N) is 1. The summed E-state index contributed by atoms with van der Waals surface area (Å²) in [7, 11) is 3.15. The van der Waals surface area contributed by atoms with Gasteiger partial charge < -0.3 is 19.7 Å². The molecule has 0 unspecified atom stereocenters. The zero-order valence-electron chi connectivity index (χ0n) is 16.1. The maximum Gasteiger partial charge on any atom is 0.255 e. The van der Waals surface area contributed by atoms with Crippen molar-refractivity contribution in [1.82, 2.24) is 4.90 Å². The molecule has 6 heteroatoms. The third kappa shape index (κ3) is 4.71. The molecule has 1 fully saturated rings. The summed E-state index contributed by atoms with van der Waals surface area (Å²) in [6.45, 7) is 1.53. The molecule has 0 aromatic heterocycles. The highest BCUT2D eigenvalue weighted by Gasteiger charge is 2.21. The molecule has 1 aliphatic rings. The van der Waals surface area contributed by atoms with Gasteiger partial charge in [0, 0.05) is 25.2 Å². The van der Waals surface area contributed by atoms with Gasteiger partial charge in [0.25, 0.3) is 5.91 Å². The van der Waals surface area contributed by atoms with Crippen LogP contribution in [0, 0.1) is 0 Å². The molecule has 0 bridgehead atoms. The SMILES string of the molecule is COc1cc(/C=C/C(=O)Nc2ccccc2C(=O)N2CCCC2)cc(OC)c1. The summed E-state index contributed by atoms with van der Waals surface area (Å²) in [5, 5.41) is 2.81. The van der Waals surface area contributed by atoms with Crippen molar-refractivity contribution >= 4 is 23.6 Å². The number of para-hydroxylation sites is 1. The van der Waals surface area contributed by atoms with Crippen molar-refractivity contribution in [3.05, 3.63) is 59.7 Å². The minimum atomic E-state index is -0.316. The topological polar surface area (TPSA) is 67.9 Å². The number of benzene rings is 2. The van der Waals surface area contributed by atoms with Crippen LogP contribution in [0.4, 0.5) is 5.69 Å². The van der Waals surface area contributed by atoms with E-state index < -0.39 is 0 Å². The highest BCUT2D eigenvalue weighted by molar-refractivity contribution is 6.07. The Morgan fingerprint density at radius 3 is 2.29 bits per heavy atom. The van der Waals surface area contributed by atoms with Crippen molar-refractivity contribution in [3.8, 4) is 11.5 Å². The van der Waals surface area contributed by atoms with Gasteiger partial charge in [-0.15, -0.1) is 0 Å². The van der Waals surface area contributed by atoms with Crippen LogP contribution in [-0.4, -0.2) is 44.0 Å². The first-order valence-corrected chi connectivity index (χ1v) is 9.21. The Bertz CT molecular complexity index is 864. The van der Waals surface area contributed by atoms with Crippen LogP contribution in [-0.2, 0) is 4.79 Å². The lowest BCUT2D eigenvalue weighted by Crippen LogP contribution is -2.28. The van der Waals surface area contributed by atoms with E-state index in [9.17, 15) is 9.59 Å². The first-order valence-electron chi connectivity index (χ1n) is 9.21. The summed E-state index contributed by atoms with van der Waals surface area (Å²) >= 11 is 0. The van der Waals surface area contributed by atoms with E-state index in [1.54, 1.807) is 62.8 Å². The Labute approximate surface area is 164 Å². The summed E-state index contributed by atoms with van der Waals surface area (Å²) in [4.78, 5) is 26.9. The molecule has 1 aliphatic heterocycles. The molecular weight excluding hydrogens is 356 g/mol. The molecule has 0 radical (unpaired) electrons. The molecule has 3 rings (SSSR count).